The summed E-state index contributed by atoms with van der Waals surface area (Å²) in [6.45, 7) is 2.22. The summed E-state index contributed by atoms with van der Waals surface area (Å²) >= 11 is 0. The van der Waals surface area contributed by atoms with E-state index in [4.69, 9.17) is 4.74 Å². The third-order valence-corrected chi connectivity index (χ3v) is 4.66. The number of benzene rings is 1. The number of fused-ring (bicyclic) bond motifs is 1. The van der Waals surface area contributed by atoms with Crippen molar-refractivity contribution in [2.75, 3.05) is 39.9 Å². The molecule has 2 heterocycles. The van der Waals surface area contributed by atoms with Crippen LogP contribution in [0.15, 0.2) is 41.3 Å². The first-order valence-electron chi connectivity index (χ1n) is 8.73. The molecule has 1 saturated heterocycles. The van der Waals surface area contributed by atoms with E-state index >= 15 is 0 Å². The Morgan fingerprint density at radius 3 is 2.42 bits per heavy atom. The molecule has 7 nitrogen and oxygen atoms in total. The molecule has 0 unspecified atom stereocenters. The Morgan fingerprint density at radius 2 is 1.69 bits per heavy atom. The average Bonchev–Trinajstić information content (AvgIpc) is 2.91. The van der Waals surface area contributed by atoms with E-state index < -0.39 is 0 Å². The van der Waals surface area contributed by atoms with Crippen molar-refractivity contribution in [2.24, 2.45) is 0 Å². The number of pyridine rings is 1. The highest BCUT2D eigenvalue weighted by Crippen LogP contribution is 2.09. The van der Waals surface area contributed by atoms with Crippen LogP contribution in [0.2, 0.25) is 0 Å². The molecule has 2 amide bonds. The zero-order valence-electron chi connectivity index (χ0n) is 14.9. The Labute approximate surface area is 151 Å². The van der Waals surface area contributed by atoms with Crippen molar-refractivity contribution < 1.29 is 14.3 Å². The number of hydrogen-bond acceptors (Lipinski definition) is 4. The van der Waals surface area contributed by atoms with Crippen molar-refractivity contribution >= 4 is 22.6 Å². The number of nitrogens with zero attached hydrogens (tertiary/aromatic N) is 3. The third kappa shape index (κ3) is 3.94. The van der Waals surface area contributed by atoms with Gasteiger partial charge in [-0.1, -0.05) is 18.2 Å². The topological polar surface area (TPSA) is 71.8 Å². The van der Waals surface area contributed by atoms with Crippen molar-refractivity contribution in [1.29, 1.82) is 0 Å². The lowest BCUT2D eigenvalue weighted by Crippen LogP contribution is -2.40. The van der Waals surface area contributed by atoms with Gasteiger partial charge in [-0.05, 0) is 23.9 Å². The van der Waals surface area contributed by atoms with E-state index in [9.17, 15) is 14.4 Å². The number of methoxy groups -OCH3 is 1. The van der Waals surface area contributed by atoms with Gasteiger partial charge >= 0.3 is 0 Å². The minimum Gasteiger partial charge on any atom is -0.375 e. The van der Waals surface area contributed by atoms with Gasteiger partial charge in [0.05, 0.1) is 0 Å². The summed E-state index contributed by atoms with van der Waals surface area (Å²) in [6, 6.07) is 9.19. The molecule has 0 saturated carbocycles. The zero-order valence-corrected chi connectivity index (χ0v) is 14.9. The zero-order chi connectivity index (χ0) is 18.5. The number of carbonyl (C=O) groups excluding carboxylic acids is 2. The first kappa shape index (κ1) is 18.1. The van der Waals surface area contributed by atoms with Gasteiger partial charge in [-0.2, -0.15) is 0 Å². The van der Waals surface area contributed by atoms with E-state index in [1.54, 1.807) is 22.1 Å². The van der Waals surface area contributed by atoms with Crippen molar-refractivity contribution in [3.05, 3.63) is 46.9 Å². The van der Waals surface area contributed by atoms with E-state index in [-0.39, 0.29) is 30.5 Å². The fourth-order valence-electron chi connectivity index (χ4n) is 3.23. The molecule has 3 rings (SSSR count). The second-order valence-electron chi connectivity index (χ2n) is 6.38. The van der Waals surface area contributed by atoms with Gasteiger partial charge in [0, 0.05) is 44.9 Å². The highest BCUT2D eigenvalue weighted by Gasteiger charge is 2.22. The van der Waals surface area contributed by atoms with Crippen LogP contribution in [-0.2, 0) is 20.9 Å². The van der Waals surface area contributed by atoms with Crippen LogP contribution in [0.5, 0.6) is 0 Å². The molecule has 1 fully saturated rings. The van der Waals surface area contributed by atoms with Crippen LogP contribution in [0.25, 0.3) is 10.8 Å². The summed E-state index contributed by atoms with van der Waals surface area (Å²) in [6.07, 6.45) is 2.38. The van der Waals surface area contributed by atoms with Gasteiger partial charge in [0.2, 0.25) is 11.8 Å². The second kappa shape index (κ2) is 8.14. The standard InChI is InChI=1S/C19H23N3O4/c1-26-14-18(24)21-9-4-8-20(11-12-21)17(23)13-22-10-7-15-5-2-3-6-16(15)19(22)25/h2-3,5-7,10H,4,8-9,11-14H2,1H3. The number of carbonyl (C=O) groups is 2. The van der Waals surface area contributed by atoms with Crippen molar-refractivity contribution in [3.63, 3.8) is 0 Å². The summed E-state index contributed by atoms with van der Waals surface area (Å²) in [4.78, 5) is 40.6. The number of amides is 2. The lowest BCUT2D eigenvalue weighted by molar-refractivity contribution is -0.136. The summed E-state index contributed by atoms with van der Waals surface area (Å²) < 4.78 is 6.34. The first-order chi connectivity index (χ1) is 12.6. The maximum absolute atomic E-state index is 12.6. The minimum absolute atomic E-state index is 0.00961. The Morgan fingerprint density at radius 1 is 1.00 bits per heavy atom. The molecule has 0 radical (unpaired) electrons. The van der Waals surface area contributed by atoms with Crippen LogP contribution >= 0.6 is 0 Å². The third-order valence-electron chi connectivity index (χ3n) is 4.66. The van der Waals surface area contributed by atoms with E-state index in [0.717, 1.165) is 5.39 Å². The number of aromatic nitrogens is 1. The molecule has 26 heavy (non-hydrogen) atoms. The quantitative estimate of drug-likeness (QED) is 0.808. The molecule has 0 spiro atoms. The van der Waals surface area contributed by atoms with Crippen LogP contribution < -0.4 is 5.56 Å². The van der Waals surface area contributed by atoms with Gasteiger partial charge in [-0.3, -0.25) is 14.4 Å². The Hall–Kier alpha value is -2.67. The lowest BCUT2D eigenvalue weighted by atomic mass is 10.2. The minimum atomic E-state index is -0.164. The summed E-state index contributed by atoms with van der Waals surface area (Å²) in [5.41, 5.74) is -0.164. The molecular formula is C19H23N3O4. The number of rotatable bonds is 4. The molecule has 0 atom stereocenters. The SMILES string of the molecule is COCC(=O)N1CCCN(C(=O)Cn2ccc3ccccc3c2=O)CC1. The summed E-state index contributed by atoms with van der Waals surface area (Å²) in [5, 5.41) is 1.47. The highest BCUT2D eigenvalue weighted by molar-refractivity contribution is 5.82. The average molecular weight is 357 g/mol. The van der Waals surface area contributed by atoms with Gasteiger partial charge in [-0.15, -0.1) is 0 Å². The van der Waals surface area contributed by atoms with Crippen molar-refractivity contribution in [1.82, 2.24) is 14.4 Å². The molecule has 1 aromatic heterocycles. The molecule has 2 aromatic rings. The maximum atomic E-state index is 12.6. The maximum Gasteiger partial charge on any atom is 0.258 e. The molecule has 0 N–H and O–H groups in total. The first-order valence-corrected chi connectivity index (χ1v) is 8.73. The van der Waals surface area contributed by atoms with Gasteiger partial charge in [-0.25, -0.2) is 0 Å². The van der Waals surface area contributed by atoms with Gasteiger partial charge in [0.1, 0.15) is 13.2 Å². The van der Waals surface area contributed by atoms with E-state index in [1.165, 1.54) is 11.7 Å². The molecular weight excluding hydrogens is 334 g/mol. The van der Waals surface area contributed by atoms with Crippen LogP contribution in [0, 0.1) is 0 Å². The van der Waals surface area contributed by atoms with Crippen molar-refractivity contribution in [3.8, 4) is 0 Å². The lowest BCUT2D eigenvalue weighted by Gasteiger charge is -2.22. The molecule has 7 heteroatoms. The fraction of sp³-hybridized carbons (Fsp3) is 0.421. The smallest absolute Gasteiger partial charge is 0.258 e. The summed E-state index contributed by atoms with van der Waals surface area (Å²) in [7, 11) is 1.49. The molecule has 1 aromatic carbocycles. The van der Waals surface area contributed by atoms with E-state index in [1.807, 2.05) is 24.3 Å². The highest BCUT2D eigenvalue weighted by atomic mass is 16.5. The largest absolute Gasteiger partial charge is 0.375 e. The molecule has 1 aliphatic rings. The predicted molar refractivity (Wildman–Crippen MR) is 97.9 cm³/mol. The normalized spacial score (nSPS) is 15.1. The summed E-state index contributed by atoms with van der Waals surface area (Å²) in [5.74, 6) is -0.170. The Balaban J connectivity index is 1.68. The van der Waals surface area contributed by atoms with Gasteiger partial charge in [0.15, 0.2) is 0 Å². The Bertz CT molecular complexity index is 861. The van der Waals surface area contributed by atoms with E-state index in [0.29, 0.717) is 38.0 Å². The van der Waals surface area contributed by atoms with Crippen LogP contribution in [0.1, 0.15) is 6.42 Å². The van der Waals surface area contributed by atoms with Gasteiger partial charge in [0.25, 0.3) is 5.56 Å². The number of hydrogen-bond donors (Lipinski definition) is 0. The van der Waals surface area contributed by atoms with Crippen LogP contribution in [0.4, 0.5) is 0 Å². The van der Waals surface area contributed by atoms with Crippen molar-refractivity contribution in [2.45, 2.75) is 13.0 Å². The molecule has 138 valence electrons. The number of ether oxygens (including phenoxy) is 1. The van der Waals surface area contributed by atoms with Gasteiger partial charge < -0.3 is 19.1 Å². The predicted octanol–water partition coefficient (Wildman–Crippen LogP) is 0.709. The molecule has 1 aliphatic heterocycles. The molecule has 0 bridgehead atoms. The van der Waals surface area contributed by atoms with Crippen LogP contribution in [0.3, 0.4) is 0 Å². The monoisotopic (exact) mass is 357 g/mol. The molecule has 0 aliphatic carbocycles. The van der Waals surface area contributed by atoms with Crippen LogP contribution in [-0.4, -0.2) is 66.1 Å². The Kier molecular flexibility index (Phi) is 5.68. The second-order valence-corrected chi connectivity index (χ2v) is 6.38. The van der Waals surface area contributed by atoms with E-state index in [2.05, 4.69) is 0 Å². The fourth-order valence-corrected chi connectivity index (χ4v) is 3.23.